The molecule has 1 aromatic carbocycles. The van der Waals surface area contributed by atoms with Crippen LogP contribution in [0.25, 0.3) is 0 Å². The smallest absolute Gasteiger partial charge is 0.119 e. The van der Waals surface area contributed by atoms with E-state index in [0.29, 0.717) is 12.5 Å². The minimum absolute atomic E-state index is 0.648. The fourth-order valence-corrected chi connectivity index (χ4v) is 2.28. The zero-order chi connectivity index (χ0) is 13.2. The van der Waals surface area contributed by atoms with Gasteiger partial charge in [0.2, 0.25) is 0 Å². The third-order valence-electron chi connectivity index (χ3n) is 2.54. The number of methoxy groups -OCH3 is 1. The average Bonchev–Trinajstić information content (AvgIpc) is 2.40. The highest BCUT2D eigenvalue weighted by molar-refractivity contribution is 9.09. The van der Waals surface area contributed by atoms with Crippen molar-refractivity contribution in [3.8, 4) is 11.5 Å². The molecule has 0 aliphatic heterocycles. The molecule has 0 fully saturated rings. The highest BCUT2D eigenvalue weighted by atomic mass is 79.9. The van der Waals surface area contributed by atoms with Crippen molar-refractivity contribution >= 4 is 27.5 Å². The van der Waals surface area contributed by atoms with E-state index in [-0.39, 0.29) is 0 Å². The van der Waals surface area contributed by atoms with Gasteiger partial charge in [-0.15, -0.1) is 11.6 Å². The number of rotatable bonds is 9. The molecule has 0 atom stereocenters. The van der Waals surface area contributed by atoms with Crippen LogP contribution >= 0.6 is 27.5 Å². The molecule has 0 heterocycles. The van der Waals surface area contributed by atoms with Crippen molar-refractivity contribution < 1.29 is 9.47 Å². The number of halogens is 2. The number of hydrogen-bond donors (Lipinski definition) is 0. The lowest BCUT2D eigenvalue weighted by atomic mass is 10.3. The van der Waals surface area contributed by atoms with E-state index in [0.717, 1.165) is 36.5 Å². The maximum absolute atomic E-state index is 5.75. The van der Waals surface area contributed by atoms with E-state index >= 15 is 0 Å². The first-order valence-corrected chi connectivity index (χ1v) is 7.57. The Morgan fingerprint density at radius 3 is 2.33 bits per heavy atom. The molecule has 5 heteroatoms. The standard InChI is InChI=1S/C13H19BrClNO2/c1-17-12-2-4-13(5-3-12)18-11-10-16(8-6-14)9-7-15/h2-5H,6-11H2,1H3. The SMILES string of the molecule is COc1ccc(OCCN(CCCl)CCBr)cc1. The van der Waals surface area contributed by atoms with Crippen LogP contribution in [-0.4, -0.2) is 49.5 Å². The number of benzene rings is 1. The minimum atomic E-state index is 0.648. The summed E-state index contributed by atoms with van der Waals surface area (Å²) >= 11 is 9.18. The van der Waals surface area contributed by atoms with Gasteiger partial charge in [-0.25, -0.2) is 0 Å². The molecule has 0 bridgehead atoms. The van der Waals surface area contributed by atoms with Gasteiger partial charge in [-0.1, -0.05) is 15.9 Å². The van der Waals surface area contributed by atoms with Gasteiger partial charge in [-0.05, 0) is 24.3 Å². The second-order valence-corrected chi connectivity index (χ2v) is 4.91. The Hall–Kier alpha value is -0.450. The number of ether oxygens (including phenoxy) is 2. The molecule has 0 spiro atoms. The van der Waals surface area contributed by atoms with E-state index in [9.17, 15) is 0 Å². The molecular formula is C13H19BrClNO2. The summed E-state index contributed by atoms with van der Waals surface area (Å²) in [5.74, 6) is 2.35. The van der Waals surface area contributed by atoms with Gasteiger partial charge in [0, 0.05) is 30.8 Å². The summed E-state index contributed by atoms with van der Waals surface area (Å²) in [7, 11) is 1.65. The first kappa shape index (κ1) is 15.6. The van der Waals surface area contributed by atoms with Crippen LogP contribution in [-0.2, 0) is 0 Å². The Labute approximate surface area is 122 Å². The molecule has 3 nitrogen and oxygen atoms in total. The molecule has 0 aliphatic rings. The Morgan fingerprint density at radius 1 is 1.11 bits per heavy atom. The van der Waals surface area contributed by atoms with Crippen LogP contribution in [0.1, 0.15) is 0 Å². The third-order valence-corrected chi connectivity index (χ3v) is 3.06. The predicted molar refractivity (Wildman–Crippen MR) is 79.4 cm³/mol. The normalized spacial score (nSPS) is 10.7. The Morgan fingerprint density at radius 2 is 1.78 bits per heavy atom. The number of alkyl halides is 2. The fourth-order valence-electron chi connectivity index (χ4n) is 1.54. The lowest BCUT2D eigenvalue weighted by Crippen LogP contribution is -2.31. The van der Waals surface area contributed by atoms with Crippen molar-refractivity contribution in [2.75, 3.05) is 44.6 Å². The largest absolute Gasteiger partial charge is 0.497 e. The molecular weight excluding hydrogens is 318 g/mol. The summed E-state index contributed by atoms with van der Waals surface area (Å²) < 4.78 is 10.8. The average molecular weight is 337 g/mol. The molecule has 1 rings (SSSR count). The first-order chi connectivity index (χ1) is 8.80. The summed E-state index contributed by atoms with van der Waals surface area (Å²) in [6.07, 6.45) is 0. The van der Waals surface area contributed by atoms with E-state index in [2.05, 4.69) is 20.8 Å². The number of hydrogen-bond acceptors (Lipinski definition) is 3. The molecule has 0 amide bonds. The Balaban J connectivity index is 2.30. The van der Waals surface area contributed by atoms with Gasteiger partial charge >= 0.3 is 0 Å². The van der Waals surface area contributed by atoms with Gasteiger partial charge in [0.25, 0.3) is 0 Å². The Kier molecular flexibility index (Phi) is 8.22. The third kappa shape index (κ3) is 5.94. The maximum Gasteiger partial charge on any atom is 0.119 e. The van der Waals surface area contributed by atoms with Gasteiger partial charge in [0.15, 0.2) is 0 Å². The minimum Gasteiger partial charge on any atom is -0.497 e. The monoisotopic (exact) mass is 335 g/mol. The lowest BCUT2D eigenvalue weighted by Gasteiger charge is -2.20. The molecule has 0 aromatic heterocycles. The highest BCUT2D eigenvalue weighted by Crippen LogP contribution is 2.16. The van der Waals surface area contributed by atoms with Crippen molar-refractivity contribution in [2.45, 2.75) is 0 Å². The maximum atomic E-state index is 5.75. The second-order valence-electron chi connectivity index (χ2n) is 3.74. The molecule has 0 N–H and O–H groups in total. The summed E-state index contributed by atoms with van der Waals surface area (Å²) in [6, 6.07) is 7.61. The molecule has 1 aromatic rings. The van der Waals surface area contributed by atoms with E-state index in [1.807, 2.05) is 24.3 Å². The second kappa shape index (κ2) is 9.48. The summed E-state index contributed by atoms with van der Waals surface area (Å²) in [6.45, 7) is 3.42. The van der Waals surface area contributed by atoms with Crippen molar-refractivity contribution in [2.24, 2.45) is 0 Å². The van der Waals surface area contributed by atoms with Crippen molar-refractivity contribution in [1.29, 1.82) is 0 Å². The van der Waals surface area contributed by atoms with Gasteiger partial charge in [-0.2, -0.15) is 0 Å². The number of nitrogens with zero attached hydrogens (tertiary/aromatic N) is 1. The zero-order valence-corrected chi connectivity index (χ0v) is 12.9. The Bertz CT molecular complexity index is 315. The lowest BCUT2D eigenvalue weighted by molar-refractivity contribution is 0.225. The highest BCUT2D eigenvalue weighted by Gasteiger charge is 2.03. The summed E-state index contributed by atoms with van der Waals surface area (Å²) in [5, 5.41) is 0.951. The predicted octanol–water partition coefficient (Wildman–Crippen LogP) is 3.01. The first-order valence-electron chi connectivity index (χ1n) is 5.91. The topological polar surface area (TPSA) is 21.7 Å². The zero-order valence-electron chi connectivity index (χ0n) is 10.6. The van der Waals surface area contributed by atoms with Crippen molar-refractivity contribution in [1.82, 2.24) is 4.90 Å². The van der Waals surface area contributed by atoms with Crippen LogP contribution in [0.5, 0.6) is 11.5 Å². The molecule has 0 aliphatic carbocycles. The molecule has 0 saturated heterocycles. The molecule has 0 radical (unpaired) electrons. The fraction of sp³-hybridized carbons (Fsp3) is 0.538. The van der Waals surface area contributed by atoms with Gasteiger partial charge in [-0.3, -0.25) is 4.90 Å². The van der Waals surface area contributed by atoms with Crippen LogP contribution < -0.4 is 9.47 Å². The van der Waals surface area contributed by atoms with Gasteiger partial charge in [0.1, 0.15) is 18.1 Å². The molecule has 18 heavy (non-hydrogen) atoms. The van der Waals surface area contributed by atoms with E-state index in [4.69, 9.17) is 21.1 Å². The van der Waals surface area contributed by atoms with Gasteiger partial charge < -0.3 is 9.47 Å². The van der Waals surface area contributed by atoms with Crippen molar-refractivity contribution in [3.05, 3.63) is 24.3 Å². The molecule has 102 valence electrons. The van der Waals surface area contributed by atoms with Crippen LogP contribution in [0.15, 0.2) is 24.3 Å². The van der Waals surface area contributed by atoms with E-state index in [1.54, 1.807) is 7.11 Å². The molecule has 0 saturated carbocycles. The van der Waals surface area contributed by atoms with E-state index in [1.165, 1.54) is 0 Å². The quantitative estimate of drug-likeness (QED) is 0.647. The van der Waals surface area contributed by atoms with Crippen LogP contribution in [0, 0.1) is 0 Å². The van der Waals surface area contributed by atoms with Gasteiger partial charge in [0.05, 0.1) is 7.11 Å². The van der Waals surface area contributed by atoms with Crippen LogP contribution in [0.2, 0.25) is 0 Å². The summed E-state index contributed by atoms with van der Waals surface area (Å²) in [4.78, 5) is 2.27. The van der Waals surface area contributed by atoms with E-state index < -0.39 is 0 Å². The summed E-state index contributed by atoms with van der Waals surface area (Å²) in [5.41, 5.74) is 0. The van der Waals surface area contributed by atoms with Crippen LogP contribution in [0.3, 0.4) is 0 Å². The van der Waals surface area contributed by atoms with Crippen LogP contribution in [0.4, 0.5) is 0 Å². The molecule has 0 unspecified atom stereocenters. The van der Waals surface area contributed by atoms with Crippen molar-refractivity contribution in [3.63, 3.8) is 0 Å².